The van der Waals surface area contributed by atoms with Gasteiger partial charge in [-0.25, -0.2) is 4.98 Å². The van der Waals surface area contributed by atoms with Crippen LogP contribution in [0, 0.1) is 0 Å². The van der Waals surface area contributed by atoms with Crippen LogP contribution in [0.2, 0.25) is 0 Å². The number of ether oxygens (including phenoxy) is 1. The average molecular weight is 395 g/mol. The molecule has 3 aromatic rings. The molecule has 3 rings (SSSR count). The predicted octanol–water partition coefficient (Wildman–Crippen LogP) is 4.46. The molecule has 0 fully saturated rings. The number of esters is 1. The van der Waals surface area contributed by atoms with Crippen LogP contribution >= 0.6 is 11.3 Å². The lowest BCUT2D eigenvalue weighted by Crippen LogP contribution is -2.08. The summed E-state index contributed by atoms with van der Waals surface area (Å²) in [6, 6.07) is 18.3. The highest BCUT2D eigenvalue weighted by Gasteiger charge is 2.08. The molecule has 1 aromatic heterocycles. The van der Waals surface area contributed by atoms with Gasteiger partial charge in [0.25, 0.3) is 0 Å². The third-order valence-electron chi connectivity index (χ3n) is 3.98. The zero-order chi connectivity index (χ0) is 19.8. The maximum absolute atomic E-state index is 11.5. The lowest BCUT2D eigenvalue weighted by Gasteiger charge is -2.19. The second-order valence-electron chi connectivity index (χ2n) is 5.98. The molecule has 0 aliphatic heterocycles. The first-order valence-corrected chi connectivity index (χ1v) is 9.81. The number of aromatic nitrogens is 1. The quantitative estimate of drug-likeness (QED) is 0.347. The third kappa shape index (κ3) is 5.40. The van der Waals surface area contributed by atoms with Gasteiger partial charge in [0, 0.05) is 23.8 Å². The van der Waals surface area contributed by atoms with Crippen molar-refractivity contribution in [2.45, 2.75) is 13.3 Å². The summed E-state index contributed by atoms with van der Waals surface area (Å²) in [5.74, 6) is -0.275. The number of nitrogens with one attached hydrogen (secondary N) is 1. The lowest BCUT2D eigenvalue weighted by atomic mass is 10.2. The van der Waals surface area contributed by atoms with E-state index in [2.05, 4.69) is 44.7 Å². The first kappa shape index (κ1) is 19.6. The second kappa shape index (κ2) is 9.66. The Morgan fingerprint density at radius 3 is 2.61 bits per heavy atom. The third-order valence-corrected chi connectivity index (χ3v) is 4.78. The van der Waals surface area contributed by atoms with E-state index in [0.717, 1.165) is 16.9 Å². The summed E-state index contributed by atoms with van der Waals surface area (Å²) in [4.78, 5) is 17.9. The minimum atomic E-state index is -0.275. The summed E-state index contributed by atoms with van der Waals surface area (Å²) in [7, 11) is 2.04. The molecule has 1 N–H and O–H groups in total. The van der Waals surface area contributed by atoms with E-state index in [1.165, 1.54) is 11.3 Å². The number of hydrogen-bond acceptors (Lipinski definition) is 7. The molecule has 6 nitrogen and oxygen atoms in total. The molecule has 0 bridgehead atoms. The summed E-state index contributed by atoms with van der Waals surface area (Å²) in [5.41, 5.74) is 6.77. The molecule has 0 saturated carbocycles. The Hall–Kier alpha value is -3.19. The van der Waals surface area contributed by atoms with E-state index in [0.29, 0.717) is 17.4 Å². The van der Waals surface area contributed by atoms with E-state index in [1.54, 1.807) is 13.1 Å². The van der Waals surface area contributed by atoms with Gasteiger partial charge in [-0.3, -0.25) is 10.2 Å². The summed E-state index contributed by atoms with van der Waals surface area (Å²) >= 11 is 1.40. The molecular formula is C21H22N4O2S. The van der Waals surface area contributed by atoms with E-state index in [1.807, 2.05) is 42.8 Å². The number of anilines is 3. The Labute approximate surface area is 168 Å². The molecule has 0 atom stereocenters. The normalized spacial score (nSPS) is 10.8. The van der Waals surface area contributed by atoms with Crippen LogP contribution in [0.25, 0.3) is 0 Å². The topological polar surface area (TPSA) is 66.8 Å². The van der Waals surface area contributed by atoms with Crippen molar-refractivity contribution in [3.63, 3.8) is 0 Å². The van der Waals surface area contributed by atoms with E-state index in [-0.39, 0.29) is 12.4 Å². The molecule has 2 aromatic carbocycles. The number of carbonyl (C=O) groups is 1. The SMILES string of the molecule is CCOC(=O)Cc1csc(NN=Cc2ccc(N(C)c3ccccc3)cc2)n1. The van der Waals surface area contributed by atoms with Gasteiger partial charge in [-0.15, -0.1) is 11.3 Å². The molecular weight excluding hydrogens is 372 g/mol. The van der Waals surface area contributed by atoms with Gasteiger partial charge in [0.2, 0.25) is 5.13 Å². The summed E-state index contributed by atoms with van der Waals surface area (Å²) in [5, 5.41) is 6.67. The Balaban J connectivity index is 1.55. The monoisotopic (exact) mass is 394 g/mol. The van der Waals surface area contributed by atoms with Crippen molar-refractivity contribution >= 4 is 40.0 Å². The lowest BCUT2D eigenvalue weighted by molar-refractivity contribution is -0.142. The van der Waals surface area contributed by atoms with Crippen LogP contribution < -0.4 is 10.3 Å². The van der Waals surface area contributed by atoms with Crippen LogP contribution in [-0.2, 0) is 16.0 Å². The zero-order valence-corrected chi connectivity index (χ0v) is 16.6. The molecule has 0 aliphatic carbocycles. The van der Waals surface area contributed by atoms with E-state index in [9.17, 15) is 4.79 Å². The molecule has 144 valence electrons. The van der Waals surface area contributed by atoms with Crippen LogP contribution in [-0.4, -0.2) is 30.8 Å². The summed E-state index contributed by atoms with van der Waals surface area (Å²) < 4.78 is 4.92. The van der Waals surface area contributed by atoms with Crippen LogP contribution in [0.1, 0.15) is 18.2 Å². The van der Waals surface area contributed by atoms with Gasteiger partial charge in [0.15, 0.2) is 0 Å². The molecule has 0 radical (unpaired) electrons. The fourth-order valence-electron chi connectivity index (χ4n) is 2.55. The molecule has 28 heavy (non-hydrogen) atoms. The van der Waals surface area contributed by atoms with Gasteiger partial charge in [-0.05, 0) is 36.8 Å². The molecule has 0 aliphatic rings. The Morgan fingerprint density at radius 2 is 1.89 bits per heavy atom. The Kier molecular flexibility index (Phi) is 6.75. The van der Waals surface area contributed by atoms with Gasteiger partial charge >= 0.3 is 5.97 Å². The smallest absolute Gasteiger partial charge is 0.311 e. The second-order valence-corrected chi connectivity index (χ2v) is 6.84. The number of hydrogen-bond donors (Lipinski definition) is 1. The van der Waals surface area contributed by atoms with Crippen molar-refractivity contribution in [3.05, 3.63) is 71.2 Å². The Bertz CT molecular complexity index is 923. The van der Waals surface area contributed by atoms with Crippen molar-refractivity contribution in [2.24, 2.45) is 5.10 Å². The van der Waals surface area contributed by atoms with Gasteiger partial charge in [-0.2, -0.15) is 5.10 Å². The fourth-order valence-corrected chi connectivity index (χ4v) is 3.21. The number of rotatable bonds is 8. The van der Waals surface area contributed by atoms with Gasteiger partial charge in [0.05, 0.1) is 24.9 Å². The van der Waals surface area contributed by atoms with E-state index < -0.39 is 0 Å². The number of thiazole rings is 1. The number of para-hydroxylation sites is 1. The van der Waals surface area contributed by atoms with E-state index in [4.69, 9.17) is 4.74 Å². The molecule has 1 heterocycles. The zero-order valence-electron chi connectivity index (χ0n) is 15.8. The maximum Gasteiger partial charge on any atom is 0.311 e. The minimum absolute atomic E-state index is 0.173. The number of nitrogens with zero attached hydrogens (tertiary/aromatic N) is 3. The van der Waals surface area contributed by atoms with Crippen LogP contribution in [0.5, 0.6) is 0 Å². The van der Waals surface area contributed by atoms with Crippen LogP contribution in [0.3, 0.4) is 0 Å². The number of carbonyl (C=O) groups excluding carboxylic acids is 1. The highest BCUT2D eigenvalue weighted by Crippen LogP contribution is 2.23. The minimum Gasteiger partial charge on any atom is -0.466 e. The van der Waals surface area contributed by atoms with Crippen molar-refractivity contribution in [1.29, 1.82) is 0 Å². The predicted molar refractivity (Wildman–Crippen MR) is 115 cm³/mol. The van der Waals surface area contributed by atoms with Crippen molar-refractivity contribution in [2.75, 3.05) is 24.0 Å². The van der Waals surface area contributed by atoms with Crippen LogP contribution in [0.4, 0.5) is 16.5 Å². The summed E-state index contributed by atoms with van der Waals surface area (Å²) in [6.07, 6.45) is 1.91. The van der Waals surface area contributed by atoms with Gasteiger partial charge < -0.3 is 9.64 Å². The fraction of sp³-hybridized carbons (Fsp3) is 0.190. The molecule has 0 amide bonds. The van der Waals surface area contributed by atoms with Crippen LogP contribution in [0.15, 0.2) is 65.1 Å². The average Bonchev–Trinajstić information content (AvgIpc) is 3.16. The highest BCUT2D eigenvalue weighted by molar-refractivity contribution is 7.13. The Morgan fingerprint density at radius 1 is 1.18 bits per heavy atom. The van der Waals surface area contributed by atoms with Crippen molar-refractivity contribution < 1.29 is 9.53 Å². The van der Waals surface area contributed by atoms with Gasteiger partial charge in [0.1, 0.15) is 0 Å². The first-order chi connectivity index (χ1) is 13.7. The molecule has 0 unspecified atom stereocenters. The number of benzene rings is 2. The van der Waals surface area contributed by atoms with E-state index >= 15 is 0 Å². The van der Waals surface area contributed by atoms with Crippen molar-refractivity contribution in [3.8, 4) is 0 Å². The molecule has 0 spiro atoms. The maximum atomic E-state index is 11.5. The summed E-state index contributed by atoms with van der Waals surface area (Å²) in [6.45, 7) is 2.16. The highest BCUT2D eigenvalue weighted by atomic mass is 32.1. The first-order valence-electron chi connectivity index (χ1n) is 8.93. The van der Waals surface area contributed by atoms with Gasteiger partial charge in [-0.1, -0.05) is 30.3 Å². The molecule has 0 saturated heterocycles. The number of hydrazone groups is 1. The standard InChI is InChI=1S/C21H22N4O2S/c1-3-27-20(26)13-17-15-28-21(23-17)24-22-14-16-9-11-19(12-10-16)25(2)18-7-5-4-6-8-18/h4-12,14-15H,3,13H2,1-2H3,(H,23,24). The van der Waals surface area contributed by atoms with Crippen molar-refractivity contribution in [1.82, 2.24) is 4.98 Å². The molecule has 7 heteroatoms. The largest absolute Gasteiger partial charge is 0.466 e.